The van der Waals surface area contributed by atoms with Gasteiger partial charge in [0.05, 0.1) is 6.10 Å². The standard InChI is InChI=1S/C16H28OS/c1-9-5-6-12-13-7-8-14(17-4)11(3)16(13)18-15(12)10(9)2/h9-16H,5-8H2,1-4H3. The molecule has 0 aromatic heterocycles. The predicted molar refractivity (Wildman–Crippen MR) is 78.9 cm³/mol. The zero-order valence-electron chi connectivity index (χ0n) is 12.3. The molecule has 0 N–H and O–H groups in total. The molecule has 1 saturated heterocycles. The third-order valence-corrected chi connectivity index (χ3v) is 8.46. The van der Waals surface area contributed by atoms with Crippen LogP contribution in [0.2, 0.25) is 0 Å². The highest BCUT2D eigenvalue weighted by Gasteiger charge is 2.52. The number of hydrogen-bond acceptors (Lipinski definition) is 2. The van der Waals surface area contributed by atoms with E-state index in [0.717, 1.165) is 40.1 Å². The molecule has 18 heavy (non-hydrogen) atoms. The molecule has 3 fully saturated rings. The maximum absolute atomic E-state index is 5.70. The van der Waals surface area contributed by atoms with Gasteiger partial charge in [0.25, 0.3) is 0 Å². The minimum absolute atomic E-state index is 0.520. The topological polar surface area (TPSA) is 9.23 Å². The Labute approximate surface area is 116 Å². The van der Waals surface area contributed by atoms with E-state index < -0.39 is 0 Å². The minimum Gasteiger partial charge on any atom is -0.381 e. The van der Waals surface area contributed by atoms with Crippen LogP contribution in [0.4, 0.5) is 0 Å². The van der Waals surface area contributed by atoms with Crippen LogP contribution in [-0.2, 0) is 4.74 Å². The second-order valence-corrected chi connectivity index (χ2v) is 8.38. The normalized spacial score (nSPS) is 56.0. The van der Waals surface area contributed by atoms with Crippen LogP contribution in [0.25, 0.3) is 0 Å². The minimum atomic E-state index is 0.520. The lowest BCUT2D eigenvalue weighted by molar-refractivity contribution is 0.00893. The Morgan fingerprint density at radius 2 is 1.44 bits per heavy atom. The summed E-state index contributed by atoms with van der Waals surface area (Å²) >= 11 is 2.34. The van der Waals surface area contributed by atoms with E-state index in [2.05, 4.69) is 32.5 Å². The van der Waals surface area contributed by atoms with Crippen LogP contribution in [0, 0.1) is 29.6 Å². The summed E-state index contributed by atoms with van der Waals surface area (Å²) in [4.78, 5) is 0. The van der Waals surface area contributed by atoms with Crippen molar-refractivity contribution in [3.8, 4) is 0 Å². The van der Waals surface area contributed by atoms with E-state index in [9.17, 15) is 0 Å². The lowest BCUT2D eigenvalue weighted by atomic mass is 9.66. The first-order valence-electron chi connectivity index (χ1n) is 7.81. The molecule has 2 saturated carbocycles. The quantitative estimate of drug-likeness (QED) is 0.704. The van der Waals surface area contributed by atoms with Crippen molar-refractivity contribution in [2.45, 2.75) is 63.1 Å². The van der Waals surface area contributed by atoms with E-state index in [-0.39, 0.29) is 0 Å². The van der Waals surface area contributed by atoms with Crippen molar-refractivity contribution in [2.24, 2.45) is 29.6 Å². The molecule has 8 unspecified atom stereocenters. The number of methoxy groups -OCH3 is 1. The van der Waals surface area contributed by atoms with Gasteiger partial charge in [0.1, 0.15) is 0 Å². The van der Waals surface area contributed by atoms with E-state index in [1.54, 1.807) is 0 Å². The monoisotopic (exact) mass is 268 g/mol. The fourth-order valence-electron chi connectivity index (χ4n) is 4.86. The van der Waals surface area contributed by atoms with Gasteiger partial charge in [-0.05, 0) is 48.9 Å². The lowest BCUT2D eigenvalue weighted by Gasteiger charge is -2.40. The van der Waals surface area contributed by atoms with Gasteiger partial charge < -0.3 is 4.74 Å². The smallest absolute Gasteiger partial charge is 0.0607 e. The highest BCUT2D eigenvalue weighted by molar-refractivity contribution is 8.00. The third-order valence-electron chi connectivity index (χ3n) is 6.27. The highest BCUT2D eigenvalue weighted by atomic mass is 32.2. The predicted octanol–water partition coefficient (Wildman–Crippen LogP) is 4.21. The Balaban J connectivity index is 1.78. The summed E-state index contributed by atoms with van der Waals surface area (Å²) in [6, 6.07) is 0. The fourth-order valence-corrected chi connectivity index (χ4v) is 7.24. The Bertz CT molecular complexity index is 305. The summed E-state index contributed by atoms with van der Waals surface area (Å²) in [5.74, 6) is 4.63. The second-order valence-electron chi connectivity index (χ2n) is 7.02. The van der Waals surface area contributed by atoms with Crippen molar-refractivity contribution in [3.63, 3.8) is 0 Å². The van der Waals surface area contributed by atoms with E-state index >= 15 is 0 Å². The van der Waals surface area contributed by atoms with Crippen LogP contribution < -0.4 is 0 Å². The summed E-state index contributed by atoms with van der Waals surface area (Å²) in [7, 11) is 1.90. The largest absolute Gasteiger partial charge is 0.381 e. The molecule has 104 valence electrons. The van der Waals surface area contributed by atoms with E-state index in [4.69, 9.17) is 4.74 Å². The first-order chi connectivity index (χ1) is 8.63. The van der Waals surface area contributed by atoms with Crippen molar-refractivity contribution in [1.29, 1.82) is 0 Å². The van der Waals surface area contributed by atoms with Crippen LogP contribution >= 0.6 is 11.8 Å². The first-order valence-corrected chi connectivity index (χ1v) is 8.76. The van der Waals surface area contributed by atoms with Crippen LogP contribution in [-0.4, -0.2) is 23.7 Å². The van der Waals surface area contributed by atoms with E-state index in [0.29, 0.717) is 6.10 Å². The summed E-state index contributed by atoms with van der Waals surface area (Å²) in [6.45, 7) is 7.40. The van der Waals surface area contributed by atoms with Crippen molar-refractivity contribution in [2.75, 3.05) is 7.11 Å². The molecule has 0 aromatic carbocycles. The molecule has 0 bridgehead atoms. The average molecular weight is 268 g/mol. The molecular formula is C16H28OS. The van der Waals surface area contributed by atoms with Gasteiger partial charge in [0.15, 0.2) is 0 Å². The molecule has 8 atom stereocenters. The zero-order chi connectivity index (χ0) is 12.9. The van der Waals surface area contributed by atoms with Crippen molar-refractivity contribution in [3.05, 3.63) is 0 Å². The van der Waals surface area contributed by atoms with Gasteiger partial charge in [0, 0.05) is 17.6 Å². The Morgan fingerprint density at radius 3 is 2.11 bits per heavy atom. The van der Waals surface area contributed by atoms with Gasteiger partial charge in [-0.3, -0.25) is 0 Å². The number of hydrogen-bond donors (Lipinski definition) is 0. The van der Waals surface area contributed by atoms with E-state index in [1.807, 2.05) is 7.11 Å². The van der Waals surface area contributed by atoms with Gasteiger partial charge >= 0.3 is 0 Å². The number of fused-ring (bicyclic) bond motifs is 3. The molecular weight excluding hydrogens is 240 g/mol. The second kappa shape index (κ2) is 5.01. The maximum Gasteiger partial charge on any atom is 0.0607 e. The molecule has 0 radical (unpaired) electrons. The third kappa shape index (κ3) is 1.95. The number of ether oxygens (including phenoxy) is 1. The summed E-state index contributed by atoms with van der Waals surface area (Å²) in [6.07, 6.45) is 6.20. The van der Waals surface area contributed by atoms with Gasteiger partial charge in [-0.2, -0.15) is 11.8 Å². The molecule has 2 heteroatoms. The Kier molecular flexibility index (Phi) is 3.70. The maximum atomic E-state index is 5.70. The van der Waals surface area contributed by atoms with Gasteiger partial charge in [-0.15, -0.1) is 0 Å². The SMILES string of the molecule is COC1CCC2C3CCC(C)C(C)C3SC2C1C. The zero-order valence-corrected chi connectivity index (χ0v) is 13.1. The van der Waals surface area contributed by atoms with Crippen LogP contribution in [0.1, 0.15) is 46.5 Å². The molecule has 1 aliphatic heterocycles. The fraction of sp³-hybridized carbons (Fsp3) is 1.00. The summed E-state index contributed by atoms with van der Waals surface area (Å²) in [5, 5.41) is 1.83. The van der Waals surface area contributed by atoms with Crippen LogP contribution in [0.3, 0.4) is 0 Å². The van der Waals surface area contributed by atoms with Gasteiger partial charge in [-0.25, -0.2) is 0 Å². The Hall–Kier alpha value is 0.310. The molecule has 2 aliphatic carbocycles. The van der Waals surface area contributed by atoms with E-state index in [1.165, 1.54) is 25.7 Å². The summed E-state index contributed by atoms with van der Waals surface area (Å²) in [5.41, 5.74) is 0. The molecule has 3 aliphatic rings. The highest BCUT2D eigenvalue weighted by Crippen LogP contribution is 2.58. The molecule has 1 nitrogen and oxygen atoms in total. The molecule has 0 amide bonds. The molecule has 3 rings (SSSR count). The number of thioether (sulfide) groups is 1. The van der Waals surface area contributed by atoms with Crippen molar-refractivity contribution in [1.82, 2.24) is 0 Å². The average Bonchev–Trinajstić information content (AvgIpc) is 2.75. The lowest BCUT2D eigenvalue weighted by Crippen LogP contribution is -2.40. The summed E-state index contributed by atoms with van der Waals surface area (Å²) < 4.78 is 5.70. The van der Waals surface area contributed by atoms with Gasteiger partial charge in [-0.1, -0.05) is 27.2 Å². The Morgan fingerprint density at radius 1 is 0.833 bits per heavy atom. The van der Waals surface area contributed by atoms with Crippen LogP contribution in [0.5, 0.6) is 0 Å². The molecule has 0 spiro atoms. The van der Waals surface area contributed by atoms with Crippen molar-refractivity contribution < 1.29 is 4.74 Å². The molecule has 0 aromatic rings. The van der Waals surface area contributed by atoms with Crippen LogP contribution in [0.15, 0.2) is 0 Å². The molecule has 1 heterocycles. The van der Waals surface area contributed by atoms with Gasteiger partial charge in [0.2, 0.25) is 0 Å². The first kappa shape index (κ1) is 13.3. The van der Waals surface area contributed by atoms with Crippen molar-refractivity contribution >= 4 is 11.8 Å². The number of rotatable bonds is 1.